The van der Waals surface area contributed by atoms with Gasteiger partial charge in [0, 0.05) is 0 Å². The molecule has 0 amide bonds. The number of ether oxygens (including phenoxy) is 3. The molecule has 20 heavy (non-hydrogen) atoms. The largest absolute Gasteiger partial charge is 0.492 e. The Labute approximate surface area is 114 Å². The molecule has 1 aromatic rings. The summed E-state index contributed by atoms with van der Waals surface area (Å²) in [5.74, 6) is -0.908. The van der Waals surface area contributed by atoms with Crippen molar-refractivity contribution in [3.8, 4) is 17.6 Å². The molecule has 1 rings (SSSR count). The normalized spacial score (nSPS) is 10.0. The molecule has 0 unspecified atom stereocenters. The van der Waals surface area contributed by atoms with Crippen LogP contribution >= 0.6 is 0 Å². The molecule has 0 aliphatic rings. The lowest BCUT2D eigenvalue weighted by Crippen LogP contribution is -2.10. The number of carbonyl (C=O) groups excluding carboxylic acids is 1. The van der Waals surface area contributed by atoms with Crippen LogP contribution in [-0.2, 0) is 16.0 Å². The SMILES string of the molecule is CCOC(=O)Cc1ccc(OC(F)F)c(OC)c1C#N. The average Bonchev–Trinajstić information content (AvgIpc) is 2.39. The molecule has 0 radical (unpaired) electrons. The molecule has 108 valence electrons. The van der Waals surface area contributed by atoms with Gasteiger partial charge in [0.15, 0.2) is 11.5 Å². The summed E-state index contributed by atoms with van der Waals surface area (Å²) in [7, 11) is 1.22. The maximum absolute atomic E-state index is 12.2. The number of halogens is 2. The lowest BCUT2D eigenvalue weighted by Gasteiger charge is -2.13. The summed E-state index contributed by atoms with van der Waals surface area (Å²) in [6, 6.07) is 4.40. The van der Waals surface area contributed by atoms with E-state index >= 15 is 0 Å². The predicted octanol–water partition coefficient (Wildman–Crippen LogP) is 2.27. The topological polar surface area (TPSA) is 68.6 Å². The highest BCUT2D eigenvalue weighted by Gasteiger charge is 2.19. The van der Waals surface area contributed by atoms with Crippen molar-refractivity contribution in [2.75, 3.05) is 13.7 Å². The number of nitriles is 1. The van der Waals surface area contributed by atoms with Crippen molar-refractivity contribution < 1.29 is 27.8 Å². The van der Waals surface area contributed by atoms with Gasteiger partial charge < -0.3 is 14.2 Å². The third-order valence-electron chi connectivity index (χ3n) is 2.38. The molecule has 0 bridgehead atoms. The lowest BCUT2D eigenvalue weighted by molar-refractivity contribution is -0.142. The molecule has 0 aliphatic carbocycles. The Morgan fingerprint density at radius 2 is 2.15 bits per heavy atom. The van der Waals surface area contributed by atoms with Crippen LogP contribution in [0.4, 0.5) is 8.78 Å². The van der Waals surface area contributed by atoms with Gasteiger partial charge in [-0.05, 0) is 18.6 Å². The van der Waals surface area contributed by atoms with Crippen LogP contribution in [0.3, 0.4) is 0 Å². The Morgan fingerprint density at radius 1 is 1.45 bits per heavy atom. The quantitative estimate of drug-likeness (QED) is 0.750. The molecule has 0 N–H and O–H groups in total. The van der Waals surface area contributed by atoms with E-state index in [1.807, 2.05) is 6.07 Å². The molecule has 0 heterocycles. The number of hydrogen-bond acceptors (Lipinski definition) is 5. The molecule has 7 heteroatoms. The van der Waals surface area contributed by atoms with Crippen LogP contribution in [0.15, 0.2) is 12.1 Å². The van der Waals surface area contributed by atoms with Gasteiger partial charge in [-0.2, -0.15) is 14.0 Å². The minimum atomic E-state index is -3.04. The van der Waals surface area contributed by atoms with Crippen LogP contribution < -0.4 is 9.47 Å². The zero-order chi connectivity index (χ0) is 15.1. The predicted molar refractivity (Wildman–Crippen MR) is 64.7 cm³/mol. The molecule has 1 aromatic carbocycles. The van der Waals surface area contributed by atoms with E-state index in [1.165, 1.54) is 19.2 Å². The fourth-order valence-corrected chi connectivity index (χ4v) is 1.63. The van der Waals surface area contributed by atoms with E-state index in [0.29, 0.717) is 5.56 Å². The molecule has 0 saturated carbocycles. The number of benzene rings is 1. The van der Waals surface area contributed by atoms with Gasteiger partial charge in [0.05, 0.1) is 20.1 Å². The smallest absolute Gasteiger partial charge is 0.387 e. The fraction of sp³-hybridized carbons (Fsp3) is 0.385. The van der Waals surface area contributed by atoms with Gasteiger partial charge in [0.2, 0.25) is 0 Å². The second-order valence-corrected chi connectivity index (χ2v) is 3.60. The van der Waals surface area contributed by atoms with Crippen molar-refractivity contribution in [3.05, 3.63) is 23.3 Å². The van der Waals surface area contributed by atoms with E-state index in [2.05, 4.69) is 4.74 Å². The number of esters is 1. The summed E-state index contributed by atoms with van der Waals surface area (Å²) in [5.41, 5.74) is 0.295. The lowest BCUT2D eigenvalue weighted by atomic mass is 10.0. The van der Waals surface area contributed by atoms with Gasteiger partial charge in [-0.1, -0.05) is 6.07 Å². The molecular formula is C13H13F2NO4. The fourth-order valence-electron chi connectivity index (χ4n) is 1.63. The number of rotatable bonds is 6. The number of nitrogens with zero attached hydrogens (tertiary/aromatic N) is 1. The Kier molecular flexibility index (Phi) is 5.72. The van der Waals surface area contributed by atoms with E-state index in [-0.39, 0.29) is 30.1 Å². The van der Waals surface area contributed by atoms with Crippen LogP contribution in [0.25, 0.3) is 0 Å². The Hall–Kier alpha value is -2.36. The first-order chi connectivity index (χ1) is 9.53. The summed E-state index contributed by atoms with van der Waals surface area (Å²) in [4.78, 5) is 11.4. The summed E-state index contributed by atoms with van der Waals surface area (Å²) in [6.45, 7) is -1.17. The molecule has 0 saturated heterocycles. The van der Waals surface area contributed by atoms with Gasteiger partial charge in [-0.15, -0.1) is 0 Å². The maximum Gasteiger partial charge on any atom is 0.387 e. The van der Waals surface area contributed by atoms with Crippen LogP contribution in [-0.4, -0.2) is 26.3 Å². The Bertz CT molecular complexity index is 526. The van der Waals surface area contributed by atoms with Crippen molar-refractivity contribution in [3.63, 3.8) is 0 Å². The highest BCUT2D eigenvalue weighted by Crippen LogP contribution is 2.34. The zero-order valence-electron chi connectivity index (χ0n) is 11.0. The first-order valence-corrected chi connectivity index (χ1v) is 5.73. The maximum atomic E-state index is 12.2. The number of carbonyl (C=O) groups is 1. The van der Waals surface area contributed by atoms with Gasteiger partial charge in [0.25, 0.3) is 0 Å². The molecular weight excluding hydrogens is 272 g/mol. The second kappa shape index (κ2) is 7.28. The van der Waals surface area contributed by atoms with Crippen molar-refractivity contribution in [2.24, 2.45) is 0 Å². The summed E-state index contributed by atoms with van der Waals surface area (Å²) in [6.07, 6.45) is -0.151. The Morgan fingerprint density at radius 3 is 2.65 bits per heavy atom. The number of hydrogen-bond donors (Lipinski definition) is 0. The molecule has 0 spiro atoms. The summed E-state index contributed by atoms with van der Waals surface area (Å²) < 4.78 is 38.4. The molecule has 0 atom stereocenters. The summed E-state index contributed by atoms with van der Waals surface area (Å²) in [5, 5.41) is 9.11. The Balaban J connectivity index is 3.15. The minimum absolute atomic E-state index is 0.0290. The number of methoxy groups -OCH3 is 1. The van der Waals surface area contributed by atoms with Gasteiger partial charge in [-0.3, -0.25) is 4.79 Å². The van der Waals surface area contributed by atoms with Crippen molar-refractivity contribution in [2.45, 2.75) is 20.0 Å². The van der Waals surface area contributed by atoms with Gasteiger partial charge in [0.1, 0.15) is 11.6 Å². The van der Waals surface area contributed by atoms with Crippen LogP contribution in [0, 0.1) is 11.3 Å². The van der Waals surface area contributed by atoms with Crippen LogP contribution in [0.1, 0.15) is 18.1 Å². The first-order valence-electron chi connectivity index (χ1n) is 5.73. The van der Waals surface area contributed by atoms with E-state index in [0.717, 1.165) is 0 Å². The molecule has 0 aromatic heterocycles. The monoisotopic (exact) mass is 285 g/mol. The van der Waals surface area contributed by atoms with Crippen molar-refractivity contribution in [1.29, 1.82) is 5.26 Å². The van der Waals surface area contributed by atoms with E-state index < -0.39 is 12.6 Å². The average molecular weight is 285 g/mol. The number of alkyl halides is 2. The standard InChI is InChI=1S/C13H13F2NO4/c1-3-19-11(17)6-8-4-5-10(20-13(14)15)12(18-2)9(8)7-16/h4-5,13H,3,6H2,1-2H3. The van der Waals surface area contributed by atoms with Gasteiger partial charge >= 0.3 is 12.6 Å². The second-order valence-electron chi connectivity index (χ2n) is 3.60. The first kappa shape index (κ1) is 15.7. The van der Waals surface area contributed by atoms with E-state index in [9.17, 15) is 13.6 Å². The van der Waals surface area contributed by atoms with E-state index in [4.69, 9.17) is 14.7 Å². The minimum Gasteiger partial charge on any atom is -0.492 e. The van der Waals surface area contributed by atoms with Crippen molar-refractivity contribution >= 4 is 5.97 Å². The molecule has 0 fully saturated rings. The molecule has 0 aliphatic heterocycles. The van der Waals surface area contributed by atoms with Crippen LogP contribution in [0.2, 0.25) is 0 Å². The highest BCUT2D eigenvalue weighted by molar-refractivity contribution is 5.74. The van der Waals surface area contributed by atoms with Crippen molar-refractivity contribution in [1.82, 2.24) is 0 Å². The molecule has 5 nitrogen and oxygen atoms in total. The van der Waals surface area contributed by atoms with Crippen LogP contribution in [0.5, 0.6) is 11.5 Å². The third-order valence-corrected chi connectivity index (χ3v) is 2.38. The van der Waals surface area contributed by atoms with Gasteiger partial charge in [-0.25, -0.2) is 0 Å². The van der Waals surface area contributed by atoms with E-state index in [1.54, 1.807) is 6.92 Å². The summed E-state index contributed by atoms with van der Waals surface area (Å²) >= 11 is 0. The zero-order valence-corrected chi connectivity index (χ0v) is 11.0. The highest BCUT2D eigenvalue weighted by atomic mass is 19.3. The third kappa shape index (κ3) is 3.82.